The second-order valence-electron chi connectivity index (χ2n) is 3.76. The van der Waals surface area contributed by atoms with Crippen LogP contribution in [0.4, 0.5) is 0 Å². The van der Waals surface area contributed by atoms with Crippen molar-refractivity contribution in [2.45, 2.75) is 26.0 Å². The number of rotatable bonds is 4. The van der Waals surface area contributed by atoms with Gasteiger partial charge in [-0.3, -0.25) is 4.79 Å². The Hall–Kier alpha value is -1.39. The van der Waals surface area contributed by atoms with E-state index in [0.717, 1.165) is 12.0 Å². The third-order valence-corrected chi connectivity index (χ3v) is 2.59. The summed E-state index contributed by atoms with van der Waals surface area (Å²) in [7, 11) is 0. The molecule has 0 saturated carbocycles. The maximum absolute atomic E-state index is 10.6. The van der Waals surface area contributed by atoms with E-state index in [1.165, 1.54) is 0 Å². The molecule has 1 amide bonds. The zero-order chi connectivity index (χ0) is 11.4. The minimum atomic E-state index is -0.319. The summed E-state index contributed by atoms with van der Waals surface area (Å²) in [4.78, 5) is 12.2. The topological polar surface area (TPSA) is 38.8 Å². The monoisotopic (exact) mass is 221 g/mol. The first-order valence-electron chi connectivity index (χ1n) is 5.31. The highest BCUT2D eigenvalue weighted by Crippen LogP contribution is 2.16. The molecule has 0 spiro atoms. The van der Waals surface area contributed by atoms with E-state index in [4.69, 9.17) is 9.47 Å². The van der Waals surface area contributed by atoms with Gasteiger partial charge in [0.25, 0.3) is 0 Å². The molecule has 1 aliphatic heterocycles. The van der Waals surface area contributed by atoms with E-state index in [9.17, 15) is 4.79 Å². The number of nitrogens with zero attached hydrogens (tertiary/aromatic N) is 1. The molecule has 4 heteroatoms. The lowest BCUT2D eigenvalue weighted by Gasteiger charge is -2.10. The van der Waals surface area contributed by atoms with Crippen LogP contribution in [0, 0.1) is 0 Å². The molecule has 86 valence electrons. The molecule has 1 heterocycles. The summed E-state index contributed by atoms with van der Waals surface area (Å²) >= 11 is 0. The SMILES string of the molecule is C[C@@H]1O[C@@H](OCc2ccccc2)CN1C=O. The van der Waals surface area contributed by atoms with Crippen LogP contribution in [0.25, 0.3) is 0 Å². The largest absolute Gasteiger partial charge is 0.346 e. The van der Waals surface area contributed by atoms with Crippen molar-refractivity contribution < 1.29 is 14.3 Å². The normalized spacial score (nSPS) is 24.7. The van der Waals surface area contributed by atoms with Crippen molar-refractivity contribution in [3.63, 3.8) is 0 Å². The number of ether oxygens (including phenoxy) is 2. The zero-order valence-corrected chi connectivity index (χ0v) is 9.20. The maximum Gasteiger partial charge on any atom is 0.211 e. The van der Waals surface area contributed by atoms with Crippen LogP contribution in [0.1, 0.15) is 12.5 Å². The lowest BCUT2D eigenvalue weighted by atomic mass is 10.2. The van der Waals surface area contributed by atoms with Gasteiger partial charge in [0.15, 0.2) is 6.29 Å². The Balaban J connectivity index is 1.82. The molecule has 1 aromatic rings. The number of amides is 1. The third kappa shape index (κ3) is 2.59. The molecule has 0 N–H and O–H groups in total. The first kappa shape index (κ1) is 11.1. The van der Waals surface area contributed by atoms with Gasteiger partial charge in [-0.15, -0.1) is 0 Å². The predicted molar refractivity (Wildman–Crippen MR) is 58.3 cm³/mol. The molecule has 0 radical (unpaired) electrons. The van der Waals surface area contributed by atoms with Crippen molar-refractivity contribution in [2.75, 3.05) is 6.54 Å². The van der Waals surface area contributed by atoms with Crippen LogP contribution in [0.15, 0.2) is 30.3 Å². The van der Waals surface area contributed by atoms with Gasteiger partial charge >= 0.3 is 0 Å². The van der Waals surface area contributed by atoms with Gasteiger partial charge in [0.1, 0.15) is 6.23 Å². The van der Waals surface area contributed by atoms with Gasteiger partial charge in [0, 0.05) is 0 Å². The average molecular weight is 221 g/mol. The molecule has 1 fully saturated rings. The van der Waals surface area contributed by atoms with Gasteiger partial charge < -0.3 is 14.4 Å². The Bertz CT molecular complexity index is 341. The van der Waals surface area contributed by atoms with E-state index in [-0.39, 0.29) is 12.5 Å². The Kier molecular flexibility index (Phi) is 3.54. The summed E-state index contributed by atoms with van der Waals surface area (Å²) in [5.74, 6) is 0. The summed E-state index contributed by atoms with van der Waals surface area (Å²) < 4.78 is 11.0. The van der Waals surface area contributed by atoms with E-state index in [1.54, 1.807) is 4.90 Å². The number of carbonyl (C=O) groups excluding carboxylic acids is 1. The van der Waals surface area contributed by atoms with Crippen LogP contribution in [0.5, 0.6) is 0 Å². The van der Waals surface area contributed by atoms with Crippen molar-refractivity contribution in [3.05, 3.63) is 35.9 Å². The molecule has 0 bridgehead atoms. The summed E-state index contributed by atoms with van der Waals surface area (Å²) in [6.45, 7) is 2.84. The number of hydrogen-bond donors (Lipinski definition) is 0. The summed E-state index contributed by atoms with van der Waals surface area (Å²) in [6, 6.07) is 9.89. The van der Waals surface area contributed by atoms with Crippen molar-refractivity contribution in [1.29, 1.82) is 0 Å². The second-order valence-corrected chi connectivity index (χ2v) is 3.76. The minimum absolute atomic E-state index is 0.196. The van der Waals surface area contributed by atoms with Crippen LogP contribution in [-0.2, 0) is 20.9 Å². The lowest BCUT2D eigenvalue weighted by molar-refractivity contribution is -0.138. The van der Waals surface area contributed by atoms with Gasteiger partial charge in [-0.1, -0.05) is 30.3 Å². The van der Waals surface area contributed by atoms with Gasteiger partial charge in [-0.25, -0.2) is 0 Å². The van der Waals surface area contributed by atoms with Crippen LogP contribution >= 0.6 is 0 Å². The first-order chi connectivity index (χ1) is 7.79. The van der Waals surface area contributed by atoms with Crippen molar-refractivity contribution in [2.24, 2.45) is 0 Å². The molecule has 16 heavy (non-hydrogen) atoms. The molecular formula is C12H15NO3. The van der Waals surface area contributed by atoms with Crippen molar-refractivity contribution in [1.82, 2.24) is 4.90 Å². The fourth-order valence-corrected chi connectivity index (χ4v) is 1.65. The zero-order valence-electron chi connectivity index (χ0n) is 9.20. The summed E-state index contributed by atoms with van der Waals surface area (Å²) in [5.41, 5.74) is 1.10. The number of benzene rings is 1. The molecule has 1 aliphatic rings. The Morgan fingerprint density at radius 3 is 2.88 bits per heavy atom. The molecule has 1 saturated heterocycles. The van der Waals surface area contributed by atoms with Crippen LogP contribution in [-0.4, -0.2) is 30.4 Å². The Morgan fingerprint density at radius 1 is 1.50 bits per heavy atom. The molecule has 2 rings (SSSR count). The Labute approximate surface area is 94.8 Å². The van der Waals surface area contributed by atoms with E-state index in [0.29, 0.717) is 13.2 Å². The van der Waals surface area contributed by atoms with Crippen molar-refractivity contribution >= 4 is 6.41 Å². The summed E-state index contributed by atoms with van der Waals surface area (Å²) in [6.07, 6.45) is 0.273. The third-order valence-electron chi connectivity index (χ3n) is 2.59. The Morgan fingerprint density at radius 2 is 2.25 bits per heavy atom. The average Bonchev–Trinajstić information content (AvgIpc) is 2.69. The number of carbonyl (C=O) groups is 1. The molecule has 2 atom stereocenters. The molecule has 0 aliphatic carbocycles. The minimum Gasteiger partial charge on any atom is -0.346 e. The number of hydrogen-bond acceptors (Lipinski definition) is 3. The van der Waals surface area contributed by atoms with Crippen LogP contribution in [0.3, 0.4) is 0 Å². The summed E-state index contributed by atoms with van der Waals surface area (Å²) in [5, 5.41) is 0. The van der Waals surface area contributed by atoms with Gasteiger partial charge in [0.2, 0.25) is 6.41 Å². The quantitative estimate of drug-likeness (QED) is 0.721. The van der Waals surface area contributed by atoms with Gasteiger partial charge in [0.05, 0.1) is 13.2 Å². The van der Waals surface area contributed by atoms with Crippen LogP contribution in [0.2, 0.25) is 0 Å². The van der Waals surface area contributed by atoms with Crippen molar-refractivity contribution in [3.8, 4) is 0 Å². The lowest BCUT2D eigenvalue weighted by Crippen LogP contribution is -2.26. The first-order valence-corrected chi connectivity index (χ1v) is 5.31. The molecular weight excluding hydrogens is 206 g/mol. The standard InChI is InChI=1S/C12H15NO3/c1-10-13(9-14)7-12(16-10)15-8-11-5-3-2-4-6-11/h2-6,9-10,12H,7-8H2,1H3/t10-,12+/m0/s1. The van der Waals surface area contributed by atoms with E-state index in [2.05, 4.69) is 0 Å². The smallest absolute Gasteiger partial charge is 0.211 e. The van der Waals surface area contributed by atoms with Gasteiger partial charge in [-0.2, -0.15) is 0 Å². The molecule has 0 aromatic heterocycles. The highest BCUT2D eigenvalue weighted by Gasteiger charge is 2.28. The van der Waals surface area contributed by atoms with E-state index in [1.807, 2.05) is 37.3 Å². The second kappa shape index (κ2) is 5.09. The fourth-order valence-electron chi connectivity index (χ4n) is 1.65. The molecule has 4 nitrogen and oxygen atoms in total. The molecule has 0 unspecified atom stereocenters. The van der Waals surface area contributed by atoms with Gasteiger partial charge in [-0.05, 0) is 12.5 Å². The highest BCUT2D eigenvalue weighted by molar-refractivity contribution is 5.47. The fraction of sp³-hybridized carbons (Fsp3) is 0.417. The highest BCUT2D eigenvalue weighted by atomic mass is 16.7. The maximum atomic E-state index is 10.6. The van der Waals surface area contributed by atoms with Crippen LogP contribution < -0.4 is 0 Å². The predicted octanol–water partition coefficient (Wildman–Crippen LogP) is 1.36. The van der Waals surface area contributed by atoms with E-state index >= 15 is 0 Å². The molecule has 1 aromatic carbocycles. The van der Waals surface area contributed by atoms with E-state index < -0.39 is 0 Å².